The van der Waals surface area contributed by atoms with Crippen molar-refractivity contribution < 1.29 is 9.85 Å². The lowest BCUT2D eigenvalue weighted by atomic mass is 9.34. The standard InChI is InChI=1S/C118H122N10O6/c119-59-17-23-83-89(41-59)93(51-123-47-55-13-19-67-75-29-25-71-63-9-1-5-53-6-2-10-64(99(53)63)72-26-30-76(105(75)103(71)72)68-20-14-56(48-123)97(55)101(67)68)91-42-60(120)43-95-111(91)113(83)121-115-85-37-33-79-82-36-40-88-110-86(38-34-80(108(82)110)81-35-39-87(109(85)107(79)81)117(129)125(95)115)116-122-114-84-24-18-61(127(131)132)44-90(84)94(92-45-62(128(133)134)46-96(112(92)114)126(116)118(88)130)52-124-49-57-15-21-69-77-31-27-73-65-11-3-7-54-8-4-12-66(100(54)65)74-28-32-78(106(77)104(73)74)70-22-16-58(50-124)98(57)102(69)70/h17-18,23-24,33-46,53-58,63-78,97-106H,1-16,19-22,25-32,47-52,119-120H2. The molecule has 18 aliphatic rings. The van der Waals surface area contributed by atoms with Crippen molar-refractivity contribution in [3.63, 3.8) is 0 Å². The number of piperidine rings is 2. The summed E-state index contributed by atoms with van der Waals surface area (Å²) in [5, 5.41) is 43.3. The van der Waals surface area contributed by atoms with Crippen LogP contribution in [0, 0.1) is 210 Å². The molecule has 2 saturated heterocycles. The average molecular weight is 1780 g/mol. The van der Waals surface area contributed by atoms with Crippen LogP contribution in [0.25, 0.3) is 141 Å². The van der Waals surface area contributed by atoms with Gasteiger partial charge in [0.05, 0.1) is 31.9 Å². The number of non-ortho nitro benzene ring substituents is 2. The molecule has 680 valence electrons. The van der Waals surface area contributed by atoms with Crippen molar-refractivity contribution in [1.29, 1.82) is 0 Å². The molecule has 20 unspecified atom stereocenters. The van der Waals surface area contributed by atoms with Gasteiger partial charge in [-0.2, -0.15) is 0 Å². The first kappa shape index (κ1) is 77.4. The smallest absolute Gasteiger partial charge is 0.272 e. The molecule has 0 spiro atoms. The van der Waals surface area contributed by atoms with Gasteiger partial charge in [0.15, 0.2) is 0 Å². The minimum absolute atomic E-state index is 0.0435. The Balaban J connectivity index is 0.474. The fourth-order valence-corrected chi connectivity index (χ4v) is 43.1. The van der Waals surface area contributed by atoms with Gasteiger partial charge in [-0.15, -0.1) is 0 Å². The number of nitrogens with two attached hydrogens (primary N) is 2. The number of nitrogens with zero attached hydrogens (tertiary/aromatic N) is 8. The van der Waals surface area contributed by atoms with Gasteiger partial charge < -0.3 is 11.5 Å². The summed E-state index contributed by atoms with van der Waals surface area (Å²) in [6, 6.07) is 35.5. The van der Waals surface area contributed by atoms with Gasteiger partial charge in [0.2, 0.25) is 0 Å². The number of hydrogen-bond donors (Lipinski definition) is 2. The number of rotatable bonds is 6. The van der Waals surface area contributed by atoms with E-state index < -0.39 is 0 Å². The van der Waals surface area contributed by atoms with Crippen LogP contribution in [0.3, 0.4) is 0 Å². The Labute approximate surface area is 778 Å². The minimum atomic E-state index is -0.344. The summed E-state index contributed by atoms with van der Waals surface area (Å²) in [7, 11) is 0. The number of benzene rings is 11. The molecule has 134 heavy (non-hydrogen) atoms. The first-order chi connectivity index (χ1) is 65.7. The Morgan fingerprint density at radius 1 is 0.276 bits per heavy atom. The molecule has 16 saturated carbocycles. The molecule has 4 aromatic heterocycles. The maximum Gasteiger partial charge on any atom is 0.272 e. The van der Waals surface area contributed by atoms with E-state index in [-0.39, 0.29) is 32.3 Å². The maximum absolute atomic E-state index is 16.3. The third kappa shape index (κ3) is 9.82. The Kier molecular flexibility index (Phi) is 15.7. The van der Waals surface area contributed by atoms with E-state index in [9.17, 15) is 20.2 Å². The molecule has 16 nitrogen and oxygen atoms in total. The minimum Gasteiger partial charge on any atom is -0.399 e. The van der Waals surface area contributed by atoms with Crippen molar-refractivity contribution in [2.75, 3.05) is 37.6 Å². The summed E-state index contributed by atoms with van der Waals surface area (Å²) in [5.74, 6) is 29.3. The third-order valence-electron chi connectivity index (χ3n) is 45.9. The van der Waals surface area contributed by atoms with Crippen molar-refractivity contribution in [2.45, 2.75) is 193 Å². The molecule has 0 bridgehead atoms. The number of likely N-dealkylation sites (tertiary alicyclic amines) is 2. The van der Waals surface area contributed by atoms with Crippen molar-refractivity contribution in [1.82, 2.24) is 28.6 Å². The summed E-state index contributed by atoms with van der Waals surface area (Å²) in [6.45, 7) is 5.39. The van der Waals surface area contributed by atoms with Crippen LogP contribution in [0.5, 0.6) is 0 Å². The van der Waals surface area contributed by atoms with Crippen molar-refractivity contribution in [3.8, 4) is 0 Å². The first-order valence-corrected chi connectivity index (χ1v) is 54.2. The van der Waals surface area contributed by atoms with Crippen LogP contribution in [0.1, 0.15) is 191 Å². The summed E-state index contributed by atoms with van der Waals surface area (Å²) in [6.07, 6.45) is 41.1. The SMILES string of the molecule is Nc1ccc2c(c1)c(CN1CC3CCC4C5CCC6C7CCCC8CCCC(C9CCC(C%10CCC(C1)C3C4%10)C5C69)C87)c1cc(N)cc3c1c2nc1c2ccc4c5ccc6c(=O)n7c8cc([N+](=O)[O-])cc9c(CN%10CC%11CCC%12C%13CCC%14C%15CCCC%16CCCC(C%17CCC(C%18CCC(C%10)C%11C%12%18)C%13C%14%17)C%16%15)c%10cc([N+](=O)[O-])ccc%10c(nc7c7ccc(c%10ccc(c(=O)n31)c2c4%10)c5c67)c98. The number of nitro benzene ring substituents is 2. The lowest BCUT2D eigenvalue weighted by molar-refractivity contribution is -0.384. The van der Waals surface area contributed by atoms with E-state index in [0.29, 0.717) is 102 Å². The van der Waals surface area contributed by atoms with Gasteiger partial charge >= 0.3 is 0 Å². The van der Waals surface area contributed by atoms with Gasteiger partial charge in [-0.05, 0) is 437 Å². The van der Waals surface area contributed by atoms with Crippen molar-refractivity contribution in [2.24, 2.45) is 189 Å². The van der Waals surface area contributed by atoms with Crippen LogP contribution >= 0.6 is 0 Å². The number of nitro groups is 2. The molecule has 0 radical (unpaired) electrons. The average Bonchev–Trinajstić information content (AvgIpc) is 0.674. The Hall–Kier alpha value is -9.64. The number of nitrogen functional groups attached to an aromatic ring is 2. The molecule has 11 aromatic carbocycles. The van der Waals surface area contributed by atoms with E-state index in [1.807, 2.05) is 34.7 Å². The molecule has 33 rings (SSSR count). The second-order valence-corrected chi connectivity index (χ2v) is 49.5. The van der Waals surface area contributed by atoms with E-state index in [1.54, 1.807) is 54.3 Å². The van der Waals surface area contributed by atoms with E-state index in [2.05, 4.69) is 64.4 Å². The highest BCUT2D eigenvalue weighted by Crippen LogP contribution is 2.76. The first-order valence-electron chi connectivity index (χ1n) is 54.2. The van der Waals surface area contributed by atoms with Gasteiger partial charge in [-0.3, -0.25) is 48.4 Å². The topological polar surface area (TPSA) is 214 Å². The predicted octanol–water partition coefficient (Wildman–Crippen LogP) is 25.3. The molecule has 4 N–H and O–H groups in total. The van der Waals surface area contributed by atoms with Crippen LogP contribution in [0.15, 0.2) is 119 Å². The maximum atomic E-state index is 16.3. The molecular formula is C118H122N10O6. The fourth-order valence-electron chi connectivity index (χ4n) is 43.1. The van der Waals surface area contributed by atoms with E-state index in [1.165, 1.54) is 160 Å². The number of pyridine rings is 2. The third-order valence-corrected chi connectivity index (χ3v) is 45.9. The van der Waals surface area contributed by atoms with Gasteiger partial charge in [-0.1, -0.05) is 81.7 Å². The van der Waals surface area contributed by atoms with Crippen LogP contribution in [0.2, 0.25) is 0 Å². The van der Waals surface area contributed by atoms with E-state index in [0.717, 1.165) is 285 Å². The van der Waals surface area contributed by atoms with Crippen LogP contribution in [0.4, 0.5) is 22.7 Å². The Bertz CT molecular complexity index is 7750. The second kappa shape index (κ2) is 27.2. The highest BCUT2D eigenvalue weighted by Gasteiger charge is 2.70. The monoisotopic (exact) mass is 1770 g/mol. The summed E-state index contributed by atoms with van der Waals surface area (Å²) < 4.78 is 3.49. The molecule has 18 fully saturated rings. The Morgan fingerprint density at radius 3 is 0.978 bits per heavy atom. The highest BCUT2D eigenvalue weighted by molar-refractivity contribution is 6.41. The summed E-state index contributed by atoms with van der Waals surface area (Å²) in [4.78, 5) is 75.9. The lowest BCUT2D eigenvalue weighted by Gasteiger charge is -2.71. The lowest BCUT2D eigenvalue weighted by Crippen LogP contribution is -2.66. The van der Waals surface area contributed by atoms with Gasteiger partial charge in [0, 0.05) is 129 Å². The predicted molar refractivity (Wildman–Crippen MR) is 534 cm³/mol. The van der Waals surface area contributed by atoms with Crippen LogP contribution in [-0.4, -0.2) is 64.6 Å². The normalized spacial score (nSPS) is 38.9. The highest BCUT2D eigenvalue weighted by atomic mass is 16.6. The van der Waals surface area contributed by atoms with Gasteiger partial charge in [-0.25, -0.2) is 9.97 Å². The zero-order valence-electron chi connectivity index (χ0n) is 77.1. The van der Waals surface area contributed by atoms with E-state index >= 15 is 9.59 Å². The zero-order chi connectivity index (χ0) is 87.8. The summed E-state index contributed by atoms with van der Waals surface area (Å²) in [5.41, 5.74) is 20.4. The largest absolute Gasteiger partial charge is 0.399 e. The number of fused-ring (bicyclic) bond motifs is 20. The molecular weight excluding hydrogens is 1650 g/mol. The van der Waals surface area contributed by atoms with E-state index in [4.69, 9.17) is 21.4 Å². The molecule has 0 amide bonds. The summed E-state index contributed by atoms with van der Waals surface area (Å²) >= 11 is 0. The van der Waals surface area contributed by atoms with Crippen LogP contribution < -0.4 is 22.6 Å². The fraction of sp³-hybridized carbons (Fsp3) is 0.559. The number of hydrogen-bond acceptors (Lipinski definition) is 12. The molecule has 20 atom stereocenters. The van der Waals surface area contributed by atoms with Crippen molar-refractivity contribution in [3.05, 3.63) is 161 Å². The number of aromatic nitrogens is 4. The van der Waals surface area contributed by atoms with Gasteiger partial charge in [0.1, 0.15) is 11.3 Å². The van der Waals surface area contributed by atoms with Gasteiger partial charge in [0.25, 0.3) is 22.5 Å². The molecule has 6 heterocycles. The number of anilines is 2. The molecule has 15 aromatic rings. The van der Waals surface area contributed by atoms with Crippen molar-refractivity contribution >= 4 is 164 Å². The molecule has 2 aliphatic heterocycles. The van der Waals surface area contributed by atoms with Crippen LogP contribution in [-0.2, 0) is 13.1 Å². The molecule has 16 heteroatoms. The quantitative estimate of drug-likeness (QED) is 0.0523. The second-order valence-electron chi connectivity index (χ2n) is 49.5. The molecule has 16 aliphatic carbocycles. The Morgan fingerprint density at radius 2 is 0.582 bits per heavy atom. The zero-order valence-corrected chi connectivity index (χ0v) is 77.1.